The molecule has 1 aromatic rings. The highest BCUT2D eigenvalue weighted by atomic mass is 32.2. The van der Waals surface area contributed by atoms with Gasteiger partial charge in [-0.25, -0.2) is 13.4 Å². The second-order valence-electron chi connectivity index (χ2n) is 5.76. The van der Waals surface area contributed by atoms with Crippen LogP contribution in [0.5, 0.6) is 0 Å². The first-order chi connectivity index (χ1) is 11.7. The summed E-state index contributed by atoms with van der Waals surface area (Å²) in [6.07, 6.45) is 7.21. The summed E-state index contributed by atoms with van der Waals surface area (Å²) in [5, 5.41) is 3.99. The van der Waals surface area contributed by atoms with E-state index in [4.69, 9.17) is 5.73 Å². The molecule has 1 heterocycles. The van der Waals surface area contributed by atoms with E-state index in [0.717, 1.165) is 11.3 Å². The second-order valence-corrected chi connectivity index (χ2v) is 8.60. The van der Waals surface area contributed by atoms with E-state index in [-0.39, 0.29) is 16.4 Å². The molecule has 0 bridgehead atoms. The lowest BCUT2D eigenvalue weighted by Gasteiger charge is -2.21. The standard InChI is InChI=1S/C17H21N3O3S2/c1-11-7-8-15(24-2)19-10-14(17(18)21)16(11)20-12-5-4-6-13(9-12)25(3,22)23/h4-6,8-11,20H,7H2,1-3H3,(H2,18,21)/b15-8-,16-14+,19-10-. The average Bonchev–Trinajstić information content (AvgIpc) is 2.54. The van der Waals surface area contributed by atoms with Crippen LogP contribution >= 0.6 is 11.8 Å². The molecule has 1 unspecified atom stereocenters. The molecule has 0 aromatic heterocycles. The van der Waals surface area contributed by atoms with E-state index in [1.54, 1.807) is 12.1 Å². The monoisotopic (exact) mass is 379 g/mol. The number of benzene rings is 1. The van der Waals surface area contributed by atoms with Gasteiger partial charge in [0, 0.05) is 29.8 Å². The number of thioether (sulfide) groups is 1. The van der Waals surface area contributed by atoms with Crippen molar-refractivity contribution in [3.05, 3.63) is 46.6 Å². The van der Waals surface area contributed by atoms with Crippen molar-refractivity contribution in [2.45, 2.75) is 18.2 Å². The number of rotatable bonds is 5. The molecule has 0 fully saturated rings. The van der Waals surface area contributed by atoms with Gasteiger partial charge in [0.15, 0.2) is 9.84 Å². The Morgan fingerprint density at radius 2 is 2.12 bits per heavy atom. The summed E-state index contributed by atoms with van der Waals surface area (Å²) >= 11 is 1.50. The lowest BCUT2D eigenvalue weighted by molar-refractivity contribution is -0.114. The molecule has 1 aliphatic heterocycles. The molecule has 134 valence electrons. The maximum atomic E-state index is 11.9. The summed E-state index contributed by atoms with van der Waals surface area (Å²) in [5.74, 6) is -0.599. The Bertz CT molecular complexity index is 871. The summed E-state index contributed by atoms with van der Waals surface area (Å²) < 4.78 is 23.5. The van der Waals surface area contributed by atoms with Gasteiger partial charge in [-0.05, 0) is 30.9 Å². The minimum absolute atomic E-state index is 0.0155. The number of aliphatic imine (C=N–C) groups is 1. The van der Waals surface area contributed by atoms with Gasteiger partial charge in [0.1, 0.15) is 0 Å². The van der Waals surface area contributed by atoms with Gasteiger partial charge in [0.05, 0.1) is 15.5 Å². The number of hydrogen-bond donors (Lipinski definition) is 2. The smallest absolute Gasteiger partial charge is 0.252 e. The number of primary amides is 1. The third kappa shape index (κ3) is 4.96. The number of nitrogens with one attached hydrogen (secondary N) is 1. The van der Waals surface area contributed by atoms with Gasteiger partial charge in [-0.2, -0.15) is 0 Å². The molecule has 0 saturated heterocycles. The van der Waals surface area contributed by atoms with E-state index in [2.05, 4.69) is 10.3 Å². The molecule has 0 aliphatic carbocycles. The Morgan fingerprint density at radius 3 is 2.72 bits per heavy atom. The van der Waals surface area contributed by atoms with Gasteiger partial charge in [-0.1, -0.05) is 19.1 Å². The van der Waals surface area contributed by atoms with Gasteiger partial charge in [0.25, 0.3) is 5.91 Å². The summed E-state index contributed by atoms with van der Waals surface area (Å²) in [6, 6.07) is 6.45. The molecular formula is C17H21N3O3S2. The lowest BCUT2D eigenvalue weighted by atomic mass is 9.97. The van der Waals surface area contributed by atoms with Crippen molar-refractivity contribution in [1.29, 1.82) is 0 Å². The van der Waals surface area contributed by atoms with E-state index in [1.165, 1.54) is 30.1 Å². The van der Waals surface area contributed by atoms with Gasteiger partial charge in [-0.3, -0.25) is 4.79 Å². The van der Waals surface area contributed by atoms with Crippen molar-refractivity contribution in [2.75, 3.05) is 17.8 Å². The average molecular weight is 380 g/mol. The molecule has 1 atom stereocenters. The number of carbonyl (C=O) groups excluding carboxylic acids is 1. The molecular weight excluding hydrogens is 358 g/mol. The third-order valence-electron chi connectivity index (χ3n) is 3.77. The van der Waals surface area contributed by atoms with E-state index in [0.29, 0.717) is 17.8 Å². The van der Waals surface area contributed by atoms with E-state index < -0.39 is 15.7 Å². The molecule has 1 aliphatic rings. The zero-order valence-electron chi connectivity index (χ0n) is 14.3. The molecule has 1 amide bonds. The zero-order chi connectivity index (χ0) is 18.6. The number of nitrogens with two attached hydrogens (primary N) is 1. The second kappa shape index (κ2) is 7.88. The molecule has 1 aromatic carbocycles. The predicted molar refractivity (Wildman–Crippen MR) is 103 cm³/mol. The summed E-state index contributed by atoms with van der Waals surface area (Å²) in [6.45, 7) is 1.97. The fourth-order valence-electron chi connectivity index (χ4n) is 2.39. The summed E-state index contributed by atoms with van der Waals surface area (Å²) in [7, 11) is -3.32. The Hall–Kier alpha value is -2.06. The first kappa shape index (κ1) is 19.3. The minimum atomic E-state index is -3.32. The largest absolute Gasteiger partial charge is 0.365 e. The predicted octanol–water partition coefficient (Wildman–Crippen LogP) is 2.56. The number of sulfone groups is 1. The summed E-state index contributed by atoms with van der Waals surface area (Å²) in [4.78, 5) is 16.4. The molecule has 2 rings (SSSR count). The van der Waals surface area contributed by atoms with Crippen LogP contribution in [0.15, 0.2) is 56.5 Å². The highest BCUT2D eigenvalue weighted by Gasteiger charge is 2.19. The number of anilines is 1. The Morgan fingerprint density at radius 1 is 1.40 bits per heavy atom. The van der Waals surface area contributed by atoms with Crippen LogP contribution in [0.3, 0.4) is 0 Å². The summed E-state index contributed by atoms with van der Waals surface area (Å²) in [5.41, 5.74) is 7.02. The minimum Gasteiger partial charge on any atom is -0.365 e. The van der Waals surface area contributed by atoms with Crippen molar-refractivity contribution in [2.24, 2.45) is 16.6 Å². The van der Waals surface area contributed by atoms with Gasteiger partial charge < -0.3 is 11.1 Å². The van der Waals surface area contributed by atoms with Crippen molar-refractivity contribution >= 4 is 39.4 Å². The molecule has 0 saturated carbocycles. The quantitative estimate of drug-likeness (QED) is 0.819. The van der Waals surface area contributed by atoms with Crippen LogP contribution in [0, 0.1) is 5.92 Å². The third-order valence-corrected chi connectivity index (χ3v) is 5.57. The van der Waals surface area contributed by atoms with Gasteiger partial charge >= 0.3 is 0 Å². The van der Waals surface area contributed by atoms with E-state index in [9.17, 15) is 13.2 Å². The Labute approximate surface area is 152 Å². The van der Waals surface area contributed by atoms with Crippen LogP contribution < -0.4 is 11.1 Å². The Kier molecular flexibility index (Phi) is 6.07. The number of amides is 1. The zero-order valence-corrected chi connectivity index (χ0v) is 15.9. The van der Waals surface area contributed by atoms with Crippen LogP contribution in [-0.4, -0.2) is 33.1 Å². The first-order valence-electron chi connectivity index (χ1n) is 7.61. The van der Waals surface area contributed by atoms with Crippen LogP contribution in [0.25, 0.3) is 0 Å². The first-order valence-corrected chi connectivity index (χ1v) is 10.7. The molecule has 0 radical (unpaired) electrons. The highest BCUT2D eigenvalue weighted by molar-refractivity contribution is 8.02. The fourth-order valence-corrected chi connectivity index (χ4v) is 3.48. The van der Waals surface area contributed by atoms with E-state index in [1.807, 2.05) is 19.3 Å². The maximum Gasteiger partial charge on any atom is 0.252 e. The molecule has 0 spiro atoms. The van der Waals surface area contributed by atoms with E-state index >= 15 is 0 Å². The van der Waals surface area contributed by atoms with Crippen molar-refractivity contribution in [3.8, 4) is 0 Å². The van der Waals surface area contributed by atoms with Crippen molar-refractivity contribution in [1.82, 2.24) is 0 Å². The van der Waals surface area contributed by atoms with Crippen LogP contribution in [0.1, 0.15) is 13.3 Å². The van der Waals surface area contributed by atoms with Crippen LogP contribution in [0.2, 0.25) is 0 Å². The van der Waals surface area contributed by atoms with Crippen LogP contribution in [-0.2, 0) is 14.6 Å². The Balaban J connectivity index is 2.47. The number of nitrogens with zero attached hydrogens (tertiary/aromatic N) is 1. The lowest BCUT2D eigenvalue weighted by Crippen LogP contribution is -2.23. The number of hydrogen-bond acceptors (Lipinski definition) is 6. The topological polar surface area (TPSA) is 102 Å². The fraction of sp³-hybridized carbons (Fsp3) is 0.294. The van der Waals surface area contributed by atoms with Crippen LogP contribution in [0.4, 0.5) is 5.69 Å². The highest BCUT2D eigenvalue weighted by Crippen LogP contribution is 2.27. The van der Waals surface area contributed by atoms with Gasteiger partial charge in [0.2, 0.25) is 0 Å². The number of allylic oxidation sites excluding steroid dienone is 2. The molecule has 8 heteroatoms. The molecule has 6 nitrogen and oxygen atoms in total. The van der Waals surface area contributed by atoms with Crippen molar-refractivity contribution < 1.29 is 13.2 Å². The maximum absolute atomic E-state index is 11.9. The number of carbonyl (C=O) groups is 1. The van der Waals surface area contributed by atoms with Crippen molar-refractivity contribution in [3.63, 3.8) is 0 Å². The van der Waals surface area contributed by atoms with Gasteiger partial charge in [-0.15, -0.1) is 11.8 Å². The SMILES string of the molecule is CSC1=C\CC(C)/C(Nc2cccc(S(C)(=O)=O)c2)=C(C(N)=O)/C=N\1. The molecule has 3 N–H and O–H groups in total. The molecule has 25 heavy (non-hydrogen) atoms. The normalized spacial score (nSPS) is 24.6.